The Bertz CT molecular complexity index is 866. The van der Waals surface area contributed by atoms with Gasteiger partial charge in [-0.05, 0) is 40.2 Å². The molecule has 2 heterocycles. The van der Waals surface area contributed by atoms with E-state index in [0.717, 1.165) is 19.7 Å². The third kappa shape index (κ3) is 2.60. The maximum Gasteiger partial charge on any atom is 0.356 e. The predicted molar refractivity (Wildman–Crippen MR) is 93.1 cm³/mol. The number of nitrogen functional groups attached to an aromatic ring is 1. The molecule has 0 aliphatic rings. The lowest BCUT2D eigenvalue weighted by atomic mass is 10.3. The van der Waals surface area contributed by atoms with Gasteiger partial charge in [0.05, 0.1) is 15.2 Å². The fraction of sp³-hybridized carbons (Fsp3) is 0.125. The van der Waals surface area contributed by atoms with Crippen molar-refractivity contribution < 1.29 is 9.36 Å². The number of benzene rings is 1. The number of hydrogen-bond donors (Lipinski definition) is 1. The molecule has 0 bridgehead atoms. The van der Waals surface area contributed by atoms with Crippen LogP contribution < -0.4 is 10.3 Å². The van der Waals surface area contributed by atoms with E-state index in [1.54, 1.807) is 6.08 Å². The highest BCUT2D eigenvalue weighted by molar-refractivity contribution is 9.11. The summed E-state index contributed by atoms with van der Waals surface area (Å²) >= 11 is 4.82. The van der Waals surface area contributed by atoms with Gasteiger partial charge in [-0.15, -0.1) is 11.3 Å². The Balaban J connectivity index is 2.05. The number of imidazole rings is 1. The second kappa shape index (κ2) is 6.06. The molecule has 2 aromatic heterocycles. The topological polar surface area (TPSA) is 51.9 Å². The maximum absolute atomic E-state index is 12.5. The predicted octanol–water partition coefficient (Wildman–Crippen LogP) is 3.40. The zero-order valence-corrected chi connectivity index (χ0v) is 14.2. The summed E-state index contributed by atoms with van der Waals surface area (Å²) in [5.74, 6) is 0.610. The lowest BCUT2D eigenvalue weighted by Gasteiger charge is -1.99. The van der Waals surface area contributed by atoms with Crippen LogP contribution in [0.1, 0.15) is 9.67 Å². The highest BCUT2D eigenvalue weighted by atomic mass is 79.9. The molecule has 0 spiro atoms. The molecule has 0 aliphatic heterocycles. The number of para-hydroxylation sites is 2. The highest BCUT2D eigenvalue weighted by Crippen LogP contribution is 2.23. The summed E-state index contributed by atoms with van der Waals surface area (Å²) in [6, 6.07) is 11.6. The molecule has 0 aliphatic carbocycles. The average Bonchev–Trinajstić information content (AvgIpc) is 3.05. The largest absolute Gasteiger partial charge is 0.356 e. The molecule has 22 heavy (non-hydrogen) atoms. The minimum atomic E-state index is 0.0499. The first-order chi connectivity index (χ1) is 10.6. The van der Waals surface area contributed by atoms with E-state index in [9.17, 15) is 4.79 Å². The molecular formula is C16H15BrN3OS+. The first-order valence-electron chi connectivity index (χ1n) is 6.77. The summed E-state index contributed by atoms with van der Waals surface area (Å²) in [6.45, 7) is 4.60. The minimum absolute atomic E-state index is 0.0499. The Hall–Kier alpha value is -1.92. The summed E-state index contributed by atoms with van der Waals surface area (Å²) in [5, 5.41) is 0. The molecule has 2 N–H and O–H groups in total. The molecule has 3 aromatic rings. The number of Topliss-reactive ketones (excluding diaryl/α,β-unsaturated/α-hetero) is 1. The molecule has 112 valence electrons. The number of carbonyl (C=O) groups is 1. The Morgan fingerprint density at radius 2 is 2.14 bits per heavy atom. The van der Waals surface area contributed by atoms with Gasteiger partial charge in [0, 0.05) is 0 Å². The van der Waals surface area contributed by atoms with Gasteiger partial charge >= 0.3 is 5.95 Å². The van der Waals surface area contributed by atoms with E-state index in [2.05, 4.69) is 22.5 Å². The zero-order chi connectivity index (χ0) is 15.7. The number of nitrogens with zero attached hydrogens (tertiary/aromatic N) is 2. The van der Waals surface area contributed by atoms with Crippen molar-refractivity contribution >= 4 is 50.0 Å². The van der Waals surface area contributed by atoms with Crippen LogP contribution in [0.4, 0.5) is 5.95 Å². The molecule has 0 amide bonds. The fourth-order valence-corrected chi connectivity index (χ4v) is 3.80. The number of hydrogen-bond acceptors (Lipinski definition) is 3. The van der Waals surface area contributed by atoms with E-state index in [0.29, 0.717) is 12.5 Å². The van der Waals surface area contributed by atoms with Gasteiger partial charge in [-0.2, -0.15) is 0 Å². The Morgan fingerprint density at radius 1 is 1.36 bits per heavy atom. The zero-order valence-electron chi connectivity index (χ0n) is 11.8. The van der Waals surface area contributed by atoms with E-state index in [1.165, 1.54) is 11.3 Å². The van der Waals surface area contributed by atoms with Crippen LogP contribution >= 0.6 is 27.3 Å². The Labute approximate surface area is 140 Å². The number of ketones is 1. The van der Waals surface area contributed by atoms with Crippen LogP contribution in [0.15, 0.2) is 52.8 Å². The Morgan fingerprint density at radius 3 is 2.82 bits per heavy atom. The van der Waals surface area contributed by atoms with Crippen LogP contribution in [0, 0.1) is 0 Å². The summed E-state index contributed by atoms with van der Waals surface area (Å²) < 4.78 is 4.76. The molecule has 0 fully saturated rings. The SMILES string of the molecule is C=CCn1c(N)[n+](CC(=O)c2ccc(Br)s2)c2ccccc21. The number of aromatic nitrogens is 2. The van der Waals surface area contributed by atoms with Crippen LogP contribution in [0.25, 0.3) is 11.0 Å². The van der Waals surface area contributed by atoms with Gasteiger partial charge in [0.2, 0.25) is 5.78 Å². The van der Waals surface area contributed by atoms with Crippen molar-refractivity contribution in [2.24, 2.45) is 0 Å². The lowest BCUT2D eigenvalue weighted by Crippen LogP contribution is -2.40. The van der Waals surface area contributed by atoms with Crippen molar-refractivity contribution in [2.75, 3.05) is 5.73 Å². The van der Waals surface area contributed by atoms with Crippen molar-refractivity contribution in [3.8, 4) is 0 Å². The first-order valence-corrected chi connectivity index (χ1v) is 8.38. The average molecular weight is 377 g/mol. The van der Waals surface area contributed by atoms with E-state index in [4.69, 9.17) is 5.73 Å². The summed E-state index contributed by atoms with van der Waals surface area (Å²) in [6.07, 6.45) is 1.80. The van der Waals surface area contributed by atoms with Crippen LogP contribution in [0.3, 0.4) is 0 Å². The second-order valence-corrected chi connectivity index (χ2v) is 7.32. The maximum atomic E-state index is 12.5. The summed E-state index contributed by atoms with van der Waals surface area (Å²) in [7, 11) is 0. The monoisotopic (exact) mass is 376 g/mol. The number of fused-ring (bicyclic) bond motifs is 1. The van der Waals surface area contributed by atoms with E-state index < -0.39 is 0 Å². The van der Waals surface area contributed by atoms with Gasteiger partial charge in [0.25, 0.3) is 0 Å². The van der Waals surface area contributed by atoms with Gasteiger partial charge in [-0.25, -0.2) is 9.13 Å². The summed E-state index contributed by atoms with van der Waals surface area (Å²) in [4.78, 5) is 13.2. The van der Waals surface area contributed by atoms with Crippen molar-refractivity contribution in [2.45, 2.75) is 13.1 Å². The minimum Gasteiger partial charge on any atom is -0.290 e. The standard InChI is InChI=1S/C16H14BrN3OS/c1-2-9-19-11-5-3-4-6-12(11)20(16(19)18)10-13(21)14-7-8-15(17)22-14/h2-8,18H,1,9-10H2/p+1. The molecule has 0 radical (unpaired) electrons. The number of rotatable bonds is 5. The number of allylic oxidation sites excluding steroid dienone is 1. The van der Waals surface area contributed by atoms with Crippen LogP contribution in [0.5, 0.6) is 0 Å². The quantitative estimate of drug-likeness (QED) is 0.421. The molecule has 6 heteroatoms. The number of carbonyl (C=O) groups excluding carboxylic acids is 1. The molecule has 0 unspecified atom stereocenters. The first kappa shape index (κ1) is 15.0. The van der Waals surface area contributed by atoms with Gasteiger partial charge in [-0.1, -0.05) is 24.8 Å². The van der Waals surface area contributed by atoms with E-state index in [-0.39, 0.29) is 12.3 Å². The Kier molecular flexibility index (Phi) is 4.13. The van der Waals surface area contributed by atoms with Gasteiger partial charge in [-0.3, -0.25) is 10.5 Å². The third-order valence-corrected chi connectivity index (χ3v) is 5.14. The second-order valence-electron chi connectivity index (χ2n) is 4.86. The molecule has 1 aromatic carbocycles. The molecule has 3 rings (SSSR count). The molecule has 4 nitrogen and oxygen atoms in total. The van der Waals surface area contributed by atoms with Crippen LogP contribution in [-0.2, 0) is 13.1 Å². The van der Waals surface area contributed by atoms with Crippen molar-refractivity contribution in [1.29, 1.82) is 0 Å². The van der Waals surface area contributed by atoms with Crippen molar-refractivity contribution in [3.63, 3.8) is 0 Å². The molecule has 0 atom stereocenters. The fourth-order valence-electron chi connectivity index (χ4n) is 2.49. The van der Waals surface area contributed by atoms with Crippen molar-refractivity contribution in [3.05, 3.63) is 57.7 Å². The third-order valence-electron chi connectivity index (χ3n) is 3.48. The number of thiophene rings is 1. The van der Waals surface area contributed by atoms with Crippen LogP contribution in [-0.4, -0.2) is 10.4 Å². The van der Waals surface area contributed by atoms with E-state index >= 15 is 0 Å². The van der Waals surface area contributed by atoms with Gasteiger partial charge in [0.1, 0.15) is 17.6 Å². The number of anilines is 1. The smallest absolute Gasteiger partial charge is 0.290 e. The number of halogens is 1. The van der Waals surface area contributed by atoms with Gasteiger partial charge in [0.15, 0.2) is 0 Å². The highest BCUT2D eigenvalue weighted by Gasteiger charge is 2.22. The normalized spacial score (nSPS) is 11.0. The van der Waals surface area contributed by atoms with Crippen molar-refractivity contribution in [1.82, 2.24) is 4.57 Å². The lowest BCUT2D eigenvalue weighted by molar-refractivity contribution is -0.642. The molecule has 0 saturated heterocycles. The molecule has 0 saturated carbocycles. The van der Waals surface area contributed by atoms with Crippen LogP contribution in [0.2, 0.25) is 0 Å². The number of nitrogens with two attached hydrogens (primary N) is 1. The van der Waals surface area contributed by atoms with Gasteiger partial charge < -0.3 is 0 Å². The van der Waals surface area contributed by atoms with E-state index in [1.807, 2.05) is 45.5 Å². The summed E-state index contributed by atoms with van der Waals surface area (Å²) in [5.41, 5.74) is 8.20. The molecular weight excluding hydrogens is 362 g/mol.